The molecule has 1 aliphatic rings. The molecule has 2 N–H and O–H groups in total. The highest BCUT2D eigenvalue weighted by Crippen LogP contribution is 2.43. The summed E-state index contributed by atoms with van der Waals surface area (Å²) in [5.74, 6) is 0.870. The van der Waals surface area contributed by atoms with Crippen molar-refractivity contribution in [3.05, 3.63) is 46.4 Å². The highest BCUT2D eigenvalue weighted by Gasteiger charge is 2.30. The van der Waals surface area contributed by atoms with E-state index in [1.54, 1.807) is 6.07 Å². The van der Waals surface area contributed by atoms with E-state index < -0.39 is 0 Å². The maximum atomic E-state index is 6.39. The Bertz CT molecular complexity index is 850. The Morgan fingerprint density at radius 3 is 2.67 bits per heavy atom. The van der Waals surface area contributed by atoms with Gasteiger partial charge in [0.25, 0.3) is 0 Å². The van der Waals surface area contributed by atoms with Gasteiger partial charge < -0.3 is 10.3 Å². The van der Waals surface area contributed by atoms with Crippen LogP contribution in [0.15, 0.2) is 36.4 Å². The number of fused-ring (bicyclic) bond motifs is 1. The summed E-state index contributed by atoms with van der Waals surface area (Å²) in [5.41, 5.74) is 9.56. The molecule has 4 rings (SSSR count). The number of hydrogen-bond donors (Lipinski definition) is 1. The topological polar surface area (TPSA) is 43.8 Å². The normalized spacial score (nSPS) is 14.8. The minimum Gasteiger partial charge on any atom is -0.398 e. The first-order valence-electron chi connectivity index (χ1n) is 6.87. The molecule has 1 fully saturated rings. The highest BCUT2D eigenvalue weighted by molar-refractivity contribution is 6.35. The molecule has 0 spiro atoms. The fourth-order valence-electron chi connectivity index (χ4n) is 2.72. The summed E-state index contributed by atoms with van der Waals surface area (Å²) >= 11 is 12.4. The molecular formula is C16H13Cl2N3. The lowest BCUT2D eigenvalue weighted by molar-refractivity contribution is 0.775. The number of para-hydroxylation sites is 1. The van der Waals surface area contributed by atoms with E-state index in [1.807, 2.05) is 30.3 Å². The van der Waals surface area contributed by atoms with Gasteiger partial charge in [0, 0.05) is 22.3 Å². The van der Waals surface area contributed by atoms with Crippen molar-refractivity contribution in [2.24, 2.45) is 0 Å². The molecule has 1 saturated carbocycles. The predicted octanol–water partition coefficient (Wildman–Crippen LogP) is 4.93. The highest BCUT2D eigenvalue weighted by atomic mass is 35.5. The van der Waals surface area contributed by atoms with E-state index in [0.29, 0.717) is 16.8 Å². The summed E-state index contributed by atoms with van der Waals surface area (Å²) in [5, 5.41) is 1.36. The van der Waals surface area contributed by atoms with E-state index in [4.69, 9.17) is 33.9 Å². The number of hydrogen-bond acceptors (Lipinski definition) is 2. The Hall–Kier alpha value is -1.71. The molecule has 0 bridgehead atoms. The van der Waals surface area contributed by atoms with Crippen molar-refractivity contribution in [2.45, 2.75) is 18.9 Å². The third kappa shape index (κ3) is 2.08. The van der Waals surface area contributed by atoms with Crippen molar-refractivity contribution in [3.8, 4) is 11.4 Å². The van der Waals surface area contributed by atoms with E-state index >= 15 is 0 Å². The molecule has 1 heterocycles. The Morgan fingerprint density at radius 1 is 1.14 bits per heavy atom. The molecule has 3 nitrogen and oxygen atoms in total. The lowest BCUT2D eigenvalue weighted by Gasteiger charge is -2.10. The van der Waals surface area contributed by atoms with E-state index in [0.717, 1.165) is 40.3 Å². The van der Waals surface area contributed by atoms with Crippen LogP contribution in [0.2, 0.25) is 10.0 Å². The first-order chi connectivity index (χ1) is 10.1. The molecule has 0 aliphatic heterocycles. The lowest BCUT2D eigenvalue weighted by Crippen LogP contribution is -2.00. The quantitative estimate of drug-likeness (QED) is 0.681. The lowest BCUT2D eigenvalue weighted by atomic mass is 10.1. The van der Waals surface area contributed by atoms with Crippen LogP contribution in [0.3, 0.4) is 0 Å². The van der Waals surface area contributed by atoms with Crippen molar-refractivity contribution >= 4 is 39.9 Å². The largest absolute Gasteiger partial charge is 0.398 e. The van der Waals surface area contributed by atoms with Crippen LogP contribution in [0.4, 0.5) is 5.69 Å². The first kappa shape index (κ1) is 13.0. The van der Waals surface area contributed by atoms with Gasteiger partial charge in [0.15, 0.2) is 0 Å². The standard InChI is InChI=1S/C16H13Cl2N3/c17-9-4-7-11(13(19)8-9)16-20-14-3-1-2-12(18)15(14)21(16)10-5-6-10/h1-4,7-8,10H,5-6,19H2. The average molecular weight is 318 g/mol. The molecule has 0 radical (unpaired) electrons. The third-order valence-corrected chi connectivity index (χ3v) is 4.37. The molecule has 3 aromatic rings. The van der Waals surface area contributed by atoms with Gasteiger partial charge in [-0.2, -0.15) is 0 Å². The summed E-state index contributed by atoms with van der Waals surface area (Å²) in [6.45, 7) is 0. The van der Waals surface area contributed by atoms with Gasteiger partial charge in [-0.15, -0.1) is 0 Å². The van der Waals surface area contributed by atoms with Crippen molar-refractivity contribution in [1.29, 1.82) is 0 Å². The third-order valence-electron chi connectivity index (χ3n) is 3.83. The number of anilines is 1. The van der Waals surface area contributed by atoms with Gasteiger partial charge in [-0.1, -0.05) is 29.3 Å². The van der Waals surface area contributed by atoms with Gasteiger partial charge in [0.05, 0.1) is 16.1 Å². The number of imidazole rings is 1. The van der Waals surface area contributed by atoms with Crippen molar-refractivity contribution in [1.82, 2.24) is 9.55 Å². The molecule has 0 amide bonds. The Kier molecular flexibility index (Phi) is 2.88. The molecule has 0 unspecified atom stereocenters. The van der Waals surface area contributed by atoms with Crippen LogP contribution in [0.25, 0.3) is 22.4 Å². The van der Waals surface area contributed by atoms with Crippen LogP contribution >= 0.6 is 23.2 Å². The molecule has 0 saturated heterocycles. The van der Waals surface area contributed by atoms with E-state index in [9.17, 15) is 0 Å². The van der Waals surface area contributed by atoms with Gasteiger partial charge in [-0.25, -0.2) is 4.98 Å². The minimum absolute atomic E-state index is 0.458. The fourth-order valence-corrected chi connectivity index (χ4v) is 3.16. The number of nitrogens with two attached hydrogens (primary N) is 1. The Labute approximate surface area is 132 Å². The summed E-state index contributed by atoms with van der Waals surface area (Å²) in [6.07, 6.45) is 2.30. The van der Waals surface area contributed by atoms with Crippen LogP contribution in [0.1, 0.15) is 18.9 Å². The zero-order valence-electron chi connectivity index (χ0n) is 11.2. The Balaban J connectivity index is 2.04. The second-order valence-electron chi connectivity index (χ2n) is 5.38. The summed E-state index contributed by atoms with van der Waals surface area (Å²) in [7, 11) is 0. The maximum Gasteiger partial charge on any atom is 0.143 e. The van der Waals surface area contributed by atoms with Crippen LogP contribution in [-0.2, 0) is 0 Å². The molecule has 21 heavy (non-hydrogen) atoms. The first-order valence-corrected chi connectivity index (χ1v) is 7.62. The molecule has 5 heteroatoms. The minimum atomic E-state index is 0.458. The number of rotatable bonds is 2. The van der Waals surface area contributed by atoms with Crippen molar-refractivity contribution in [3.63, 3.8) is 0 Å². The maximum absolute atomic E-state index is 6.39. The monoisotopic (exact) mass is 317 g/mol. The van der Waals surface area contributed by atoms with Crippen molar-refractivity contribution in [2.75, 3.05) is 5.73 Å². The fraction of sp³-hybridized carbons (Fsp3) is 0.188. The number of nitrogens with zero attached hydrogens (tertiary/aromatic N) is 2. The average Bonchev–Trinajstić information content (AvgIpc) is 3.20. The smallest absolute Gasteiger partial charge is 0.143 e. The van der Waals surface area contributed by atoms with Gasteiger partial charge in [-0.05, 0) is 43.2 Å². The van der Waals surface area contributed by atoms with Crippen LogP contribution in [0.5, 0.6) is 0 Å². The summed E-state index contributed by atoms with van der Waals surface area (Å²) in [6, 6.07) is 11.8. The predicted molar refractivity (Wildman–Crippen MR) is 87.9 cm³/mol. The van der Waals surface area contributed by atoms with E-state index in [2.05, 4.69) is 4.57 Å². The number of nitrogen functional groups attached to an aromatic ring is 1. The molecule has 2 aromatic carbocycles. The van der Waals surface area contributed by atoms with Crippen molar-refractivity contribution < 1.29 is 0 Å². The SMILES string of the molecule is Nc1cc(Cl)ccc1-c1nc2cccc(Cl)c2n1C1CC1. The van der Waals surface area contributed by atoms with Crippen LogP contribution in [0, 0.1) is 0 Å². The zero-order valence-corrected chi connectivity index (χ0v) is 12.7. The van der Waals surface area contributed by atoms with Gasteiger partial charge in [0.2, 0.25) is 0 Å². The van der Waals surface area contributed by atoms with Crippen LogP contribution < -0.4 is 5.73 Å². The second-order valence-corrected chi connectivity index (χ2v) is 6.22. The summed E-state index contributed by atoms with van der Waals surface area (Å²) in [4.78, 5) is 4.75. The van der Waals surface area contributed by atoms with E-state index in [-0.39, 0.29) is 0 Å². The molecule has 1 aliphatic carbocycles. The van der Waals surface area contributed by atoms with Gasteiger partial charge >= 0.3 is 0 Å². The number of aromatic nitrogens is 2. The van der Waals surface area contributed by atoms with E-state index in [1.165, 1.54) is 0 Å². The second kappa shape index (κ2) is 4.65. The summed E-state index contributed by atoms with van der Waals surface area (Å²) < 4.78 is 2.22. The number of halogens is 2. The molecule has 0 atom stereocenters. The molecule has 106 valence electrons. The molecular weight excluding hydrogens is 305 g/mol. The van der Waals surface area contributed by atoms with Gasteiger partial charge in [-0.3, -0.25) is 0 Å². The zero-order chi connectivity index (χ0) is 14.6. The molecule has 1 aromatic heterocycles. The van der Waals surface area contributed by atoms with Crippen LogP contribution in [-0.4, -0.2) is 9.55 Å². The van der Waals surface area contributed by atoms with Gasteiger partial charge in [0.1, 0.15) is 5.82 Å². The Morgan fingerprint density at radius 2 is 1.95 bits per heavy atom. The number of benzene rings is 2.